The molecule has 19 heavy (non-hydrogen) atoms. The summed E-state index contributed by atoms with van der Waals surface area (Å²) in [6, 6.07) is 13.4. The van der Waals surface area contributed by atoms with Crippen LogP contribution in [0.3, 0.4) is 0 Å². The SMILES string of the molecule is COc1cccc(COCc2cccc(NN)n2)c1. The van der Waals surface area contributed by atoms with E-state index in [2.05, 4.69) is 10.4 Å². The minimum atomic E-state index is 0.437. The van der Waals surface area contributed by atoms with Crippen molar-refractivity contribution in [1.82, 2.24) is 4.98 Å². The van der Waals surface area contributed by atoms with Gasteiger partial charge in [0.05, 0.1) is 26.0 Å². The van der Waals surface area contributed by atoms with Gasteiger partial charge in [-0.05, 0) is 29.8 Å². The van der Waals surface area contributed by atoms with Crippen LogP contribution in [-0.4, -0.2) is 12.1 Å². The Balaban J connectivity index is 1.88. The fourth-order valence-electron chi connectivity index (χ4n) is 1.68. The summed E-state index contributed by atoms with van der Waals surface area (Å²) in [5.74, 6) is 6.76. The van der Waals surface area contributed by atoms with Gasteiger partial charge in [0.15, 0.2) is 0 Å². The van der Waals surface area contributed by atoms with Crippen molar-refractivity contribution in [3.05, 3.63) is 53.7 Å². The molecule has 0 spiro atoms. The van der Waals surface area contributed by atoms with Crippen molar-refractivity contribution < 1.29 is 9.47 Å². The fraction of sp³-hybridized carbons (Fsp3) is 0.214. The molecule has 0 aliphatic carbocycles. The molecule has 0 fully saturated rings. The number of anilines is 1. The molecule has 3 N–H and O–H groups in total. The lowest BCUT2D eigenvalue weighted by molar-refractivity contribution is 0.104. The van der Waals surface area contributed by atoms with Crippen LogP contribution in [0.25, 0.3) is 0 Å². The molecule has 1 aromatic carbocycles. The third kappa shape index (κ3) is 3.94. The van der Waals surface area contributed by atoms with Crippen LogP contribution >= 0.6 is 0 Å². The summed E-state index contributed by atoms with van der Waals surface area (Å²) in [6.45, 7) is 0.950. The Labute approximate surface area is 112 Å². The number of pyridine rings is 1. The first-order valence-electron chi connectivity index (χ1n) is 5.95. The number of nitrogens with zero attached hydrogens (tertiary/aromatic N) is 1. The summed E-state index contributed by atoms with van der Waals surface area (Å²) < 4.78 is 10.8. The second kappa shape index (κ2) is 6.72. The number of hydrogen-bond donors (Lipinski definition) is 2. The van der Waals surface area contributed by atoms with E-state index in [-0.39, 0.29) is 0 Å². The summed E-state index contributed by atoms with van der Waals surface area (Å²) in [7, 11) is 1.65. The minimum Gasteiger partial charge on any atom is -0.497 e. The zero-order chi connectivity index (χ0) is 13.5. The molecule has 5 nitrogen and oxygen atoms in total. The molecule has 0 atom stereocenters. The zero-order valence-corrected chi connectivity index (χ0v) is 10.8. The van der Waals surface area contributed by atoms with Crippen molar-refractivity contribution in [2.45, 2.75) is 13.2 Å². The number of ether oxygens (including phenoxy) is 2. The first-order chi connectivity index (χ1) is 9.31. The van der Waals surface area contributed by atoms with Crippen molar-refractivity contribution in [3.8, 4) is 5.75 Å². The molecular weight excluding hydrogens is 242 g/mol. The van der Waals surface area contributed by atoms with Crippen LogP contribution in [0.1, 0.15) is 11.3 Å². The zero-order valence-electron chi connectivity index (χ0n) is 10.8. The highest BCUT2D eigenvalue weighted by Crippen LogP contribution is 2.14. The topological polar surface area (TPSA) is 69.4 Å². The van der Waals surface area contributed by atoms with E-state index < -0.39 is 0 Å². The monoisotopic (exact) mass is 259 g/mol. The van der Waals surface area contributed by atoms with E-state index in [1.807, 2.05) is 36.4 Å². The maximum atomic E-state index is 5.62. The Morgan fingerprint density at radius 1 is 1.16 bits per heavy atom. The van der Waals surface area contributed by atoms with Crippen molar-refractivity contribution in [2.75, 3.05) is 12.5 Å². The number of rotatable bonds is 6. The molecule has 1 heterocycles. The highest BCUT2D eigenvalue weighted by Gasteiger charge is 1.99. The molecule has 0 radical (unpaired) electrons. The average molecular weight is 259 g/mol. The van der Waals surface area contributed by atoms with Crippen LogP contribution in [0.5, 0.6) is 5.75 Å². The highest BCUT2D eigenvalue weighted by molar-refractivity contribution is 5.33. The van der Waals surface area contributed by atoms with E-state index in [4.69, 9.17) is 15.3 Å². The van der Waals surface area contributed by atoms with Crippen LogP contribution in [0.15, 0.2) is 42.5 Å². The van der Waals surface area contributed by atoms with Gasteiger partial charge in [0.1, 0.15) is 11.6 Å². The Morgan fingerprint density at radius 2 is 2.00 bits per heavy atom. The lowest BCUT2D eigenvalue weighted by atomic mass is 10.2. The first kappa shape index (κ1) is 13.3. The number of nitrogen functional groups attached to an aromatic ring is 1. The molecule has 1 aromatic heterocycles. The lowest BCUT2D eigenvalue weighted by Crippen LogP contribution is -2.09. The molecule has 0 aliphatic heterocycles. The molecule has 2 aromatic rings. The van der Waals surface area contributed by atoms with Gasteiger partial charge in [-0.25, -0.2) is 10.8 Å². The van der Waals surface area contributed by atoms with Gasteiger partial charge in [0.2, 0.25) is 0 Å². The Bertz CT molecular complexity index is 484. The maximum Gasteiger partial charge on any atom is 0.140 e. The second-order valence-electron chi connectivity index (χ2n) is 4.00. The average Bonchev–Trinajstić information content (AvgIpc) is 2.48. The molecule has 0 saturated carbocycles. The maximum absolute atomic E-state index is 5.62. The summed E-state index contributed by atoms with van der Waals surface area (Å²) >= 11 is 0. The Kier molecular flexibility index (Phi) is 4.72. The third-order valence-electron chi connectivity index (χ3n) is 2.61. The van der Waals surface area contributed by atoms with Crippen LogP contribution in [0.4, 0.5) is 5.82 Å². The summed E-state index contributed by atoms with van der Waals surface area (Å²) in [5, 5.41) is 0. The fourth-order valence-corrected chi connectivity index (χ4v) is 1.68. The first-order valence-corrected chi connectivity index (χ1v) is 5.95. The number of nitrogens with one attached hydrogen (secondary N) is 1. The van der Waals surface area contributed by atoms with Gasteiger partial charge in [-0.1, -0.05) is 18.2 Å². The third-order valence-corrected chi connectivity index (χ3v) is 2.61. The molecular formula is C14H17N3O2. The summed E-state index contributed by atoms with van der Waals surface area (Å²) in [4.78, 5) is 4.27. The molecule has 0 bridgehead atoms. The Morgan fingerprint density at radius 3 is 2.79 bits per heavy atom. The molecule has 0 unspecified atom stereocenters. The van der Waals surface area contributed by atoms with Gasteiger partial charge in [-0.3, -0.25) is 0 Å². The van der Waals surface area contributed by atoms with Crippen LogP contribution < -0.4 is 16.0 Å². The van der Waals surface area contributed by atoms with Crippen molar-refractivity contribution >= 4 is 5.82 Å². The molecule has 2 rings (SSSR count). The Hall–Kier alpha value is -2.11. The molecule has 0 saturated heterocycles. The number of benzene rings is 1. The minimum absolute atomic E-state index is 0.437. The van der Waals surface area contributed by atoms with E-state index in [0.717, 1.165) is 17.0 Å². The summed E-state index contributed by atoms with van der Waals surface area (Å²) in [6.07, 6.45) is 0. The van der Waals surface area contributed by atoms with Crippen LogP contribution in [-0.2, 0) is 18.0 Å². The van der Waals surface area contributed by atoms with Crippen molar-refractivity contribution in [3.63, 3.8) is 0 Å². The second-order valence-corrected chi connectivity index (χ2v) is 4.00. The predicted molar refractivity (Wildman–Crippen MR) is 73.5 cm³/mol. The number of hydrogen-bond acceptors (Lipinski definition) is 5. The van der Waals surface area contributed by atoms with Gasteiger partial charge < -0.3 is 14.9 Å². The lowest BCUT2D eigenvalue weighted by Gasteiger charge is -2.07. The smallest absolute Gasteiger partial charge is 0.140 e. The van der Waals surface area contributed by atoms with Gasteiger partial charge in [0.25, 0.3) is 0 Å². The van der Waals surface area contributed by atoms with E-state index in [9.17, 15) is 0 Å². The number of methoxy groups -OCH3 is 1. The van der Waals surface area contributed by atoms with Crippen LogP contribution in [0.2, 0.25) is 0 Å². The van der Waals surface area contributed by atoms with Crippen molar-refractivity contribution in [1.29, 1.82) is 0 Å². The van der Waals surface area contributed by atoms with E-state index >= 15 is 0 Å². The van der Waals surface area contributed by atoms with Gasteiger partial charge >= 0.3 is 0 Å². The van der Waals surface area contributed by atoms with E-state index in [1.54, 1.807) is 13.2 Å². The standard InChI is InChI=1S/C14H17N3O2/c1-18-13-6-2-4-11(8-13)9-19-10-12-5-3-7-14(16-12)17-15/h2-8H,9-10,15H2,1H3,(H,16,17). The van der Waals surface area contributed by atoms with Crippen molar-refractivity contribution in [2.24, 2.45) is 5.84 Å². The quantitative estimate of drug-likeness (QED) is 0.614. The van der Waals surface area contributed by atoms with Gasteiger partial charge in [-0.2, -0.15) is 0 Å². The number of nitrogens with two attached hydrogens (primary N) is 1. The van der Waals surface area contributed by atoms with E-state index in [0.29, 0.717) is 19.0 Å². The molecule has 5 heteroatoms. The predicted octanol–water partition coefficient (Wildman–Crippen LogP) is 2.09. The van der Waals surface area contributed by atoms with Crippen LogP contribution in [0, 0.1) is 0 Å². The molecule has 0 amide bonds. The molecule has 100 valence electrons. The largest absolute Gasteiger partial charge is 0.497 e. The van der Waals surface area contributed by atoms with Gasteiger partial charge in [0, 0.05) is 0 Å². The highest BCUT2D eigenvalue weighted by atomic mass is 16.5. The number of hydrazine groups is 1. The number of aromatic nitrogens is 1. The normalized spacial score (nSPS) is 10.2. The van der Waals surface area contributed by atoms with Gasteiger partial charge in [-0.15, -0.1) is 0 Å². The molecule has 0 aliphatic rings. The summed E-state index contributed by atoms with van der Waals surface area (Å²) in [5.41, 5.74) is 4.40. The van der Waals surface area contributed by atoms with E-state index in [1.165, 1.54) is 0 Å².